The molecule has 2 nitrogen and oxygen atoms in total. The van der Waals surface area contributed by atoms with E-state index in [2.05, 4.69) is 6.92 Å². The molecule has 11 heavy (non-hydrogen) atoms. The Kier molecular flexibility index (Phi) is 5.23. The molecule has 1 saturated carbocycles. The third kappa shape index (κ3) is 3.50. The van der Waals surface area contributed by atoms with Crippen LogP contribution in [0.5, 0.6) is 0 Å². The summed E-state index contributed by atoms with van der Waals surface area (Å²) in [6, 6.07) is 0. The summed E-state index contributed by atoms with van der Waals surface area (Å²) in [6.45, 7) is 2.13. The van der Waals surface area contributed by atoms with Crippen molar-refractivity contribution >= 4 is 31.8 Å². The second-order valence-corrected chi connectivity index (χ2v) is 3.31. The van der Waals surface area contributed by atoms with Crippen LogP contribution in [0.25, 0.3) is 0 Å². The third-order valence-electron chi connectivity index (χ3n) is 2.29. The maximum atomic E-state index is 10.5. The zero-order valence-corrected chi connectivity index (χ0v) is 6.34. The van der Waals surface area contributed by atoms with Crippen molar-refractivity contribution in [1.29, 1.82) is 0 Å². The van der Waals surface area contributed by atoms with E-state index in [4.69, 9.17) is 5.11 Å². The normalized spacial score (nSPS) is 30.6. The minimum atomic E-state index is -0.605. The van der Waals surface area contributed by atoms with E-state index in [0.29, 0.717) is 5.92 Å². The van der Waals surface area contributed by atoms with Crippen LogP contribution in [0.3, 0.4) is 0 Å². The summed E-state index contributed by atoms with van der Waals surface area (Å²) in [5.41, 5.74) is 0. The predicted molar refractivity (Wildman–Crippen MR) is 48.7 cm³/mol. The molecule has 64 valence electrons. The predicted octanol–water partition coefficient (Wildman–Crippen LogP) is 0.713. The fourth-order valence-electron chi connectivity index (χ4n) is 1.66. The standard InChI is InChI=1S/C8H14O2.In.3H/c1-6-3-2-4-7(5-6)8(9)10;;;;/h6-7H,2-5H2,1H3,(H,9,10);;;;. The molecule has 0 aromatic rings. The van der Waals surface area contributed by atoms with Crippen LogP contribution in [0.2, 0.25) is 0 Å². The van der Waals surface area contributed by atoms with Gasteiger partial charge in [-0.1, -0.05) is 19.8 Å². The second-order valence-electron chi connectivity index (χ2n) is 3.31. The van der Waals surface area contributed by atoms with Crippen molar-refractivity contribution in [3.63, 3.8) is 0 Å². The molecule has 2 atom stereocenters. The van der Waals surface area contributed by atoms with Gasteiger partial charge in [-0.15, -0.1) is 0 Å². The molecule has 1 fully saturated rings. The van der Waals surface area contributed by atoms with Crippen LogP contribution in [0, 0.1) is 11.8 Å². The summed E-state index contributed by atoms with van der Waals surface area (Å²) in [7, 11) is 0. The van der Waals surface area contributed by atoms with Gasteiger partial charge in [0.25, 0.3) is 0 Å². The van der Waals surface area contributed by atoms with Crippen LogP contribution in [-0.4, -0.2) is 36.9 Å². The van der Waals surface area contributed by atoms with Crippen LogP contribution in [0.15, 0.2) is 0 Å². The molecule has 1 aliphatic rings. The third-order valence-corrected chi connectivity index (χ3v) is 2.29. The fraction of sp³-hybridized carbons (Fsp3) is 0.875. The summed E-state index contributed by atoms with van der Waals surface area (Å²) >= 11 is 0. The van der Waals surface area contributed by atoms with Gasteiger partial charge in [-0.25, -0.2) is 0 Å². The monoisotopic (exact) mass is 260 g/mol. The van der Waals surface area contributed by atoms with Gasteiger partial charge >= 0.3 is 31.8 Å². The number of aliphatic carboxylic acids is 1. The number of hydrogen-bond acceptors (Lipinski definition) is 1. The van der Waals surface area contributed by atoms with E-state index in [1.807, 2.05) is 0 Å². The number of carboxylic acids is 1. The molecule has 0 heterocycles. The summed E-state index contributed by atoms with van der Waals surface area (Å²) in [4.78, 5) is 10.5. The topological polar surface area (TPSA) is 37.3 Å². The molecule has 1 N–H and O–H groups in total. The summed E-state index contributed by atoms with van der Waals surface area (Å²) < 4.78 is 0. The Morgan fingerprint density at radius 1 is 1.45 bits per heavy atom. The Morgan fingerprint density at radius 3 is 2.45 bits per heavy atom. The van der Waals surface area contributed by atoms with Crippen molar-refractivity contribution in [3.05, 3.63) is 0 Å². The van der Waals surface area contributed by atoms with Gasteiger partial charge in [-0.05, 0) is 18.8 Å². The molecule has 0 aliphatic heterocycles. The van der Waals surface area contributed by atoms with Crippen LogP contribution < -0.4 is 0 Å². The first kappa shape index (κ1) is 11.3. The Balaban J connectivity index is 0.000001000. The van der Waals surface area contributed by atoms with Crippen molar-refractivity contribution < 1.29 is 9.90 Å². The zero-order chi connectivity index (χ0) is 7.56. The van der Waals surface area contributed by atoms with E-state index in [-0.39, 0.29) is 31.8 Å². The fourth-order valence-corrected chi connectivity index (χ4v) is 1.66. The minimum absolute atomic E-state index is 0. The van der Waals surface area contributed by atoms with Crippen molar-refractivity contribution in [2.24, 2.45) is 11.8 Å². The van der Waals surface area contributed by atoms with E-state index in [0.717, 1.165) is 19.3 Å². The van der Waals surface area contributed by atoms with Crippen LogP contribution in [-0.2, 0) is 4.79 Å². The van der Waals surface area contributed by atoms with Crippen LogP contribution >= 0.6 is 0 Å². The van der Waals surface area contributed by atoms with Gasteiger partial charge in [-0.2, -0.15) is 0 Å². The number of hydrogen-bond donors (Lipinski definition) is 1. The van der Waals surface area contributed by atoms with E-state index in [9.17, 15) is 4.79 Å². The van der Waals surface area contributed by atoms with Gasteiger partial charge < -0.3 is 5.11 Å². The van der Waals surface area contributed by atoms with Crippen LogP contribution in [0.4, 0.5) is 0 Å². The van der Waals surface area contributed by atoms with Gasteiger partial charge in [-0.3, -0.25) is 4.79 Å². The van der Waals surface area contributed by atoms with E-state index in [1.54, 1.807) is 0 Å². The quantitative estimate of drug-likeness (QED) is 0.754. The molecule has 1 rings (SSSR count). The molecular formula is C8H17InO2. The zero-order valence-electron chi connectivity index (χ0n) is 6.34. The SMILES string of the molecule is CC1CCCC(C(=O)O)C1.[InH3]. The molecule has 0 aromatic heterocycles. The number of carbonyl (C=O) groups is 1. The molecule has 0 radical (unpaired) electrons. The van der Waals surface area contributed by atoms with E-state index < -0.39 is 5.97 Å². The Morgan fingerprint density at radius 2 is 2.09 bits per heavy atom. The van der Waals surface area contributed by atoms with Gasteiger partial charge in [0, 0.05) is 0 Å². The summed E-state index contributed by atoms with van der Waals surface area (Å²) in [6.07, 6.45) is 4.08. The molecule has 0 bridgehead atoms. The Bertz CT molecular complexity index is 136. The van der Waals surface area contributed by atoms with Crippen molar-refractivity contribution in [1.82, 2.24) is 0 Å². The second kappa shape index (κ2) is 5.07. The first-order chi connectivity index (χ1) is 4.70. The van der Waals surface area contributed by atoms with Gasteiger partial charge in [0.15, 0.2) is 0 Å². The van der Waals surface area contributed by atoms with Crippen molar-refractivity contribution in [3.8, 4) is 0 Å². The molecular weight excluding hydrogens is 243 g/mol. The molecule has 0 aromatic carbocycles. The number of rotatable bonds is 1. The first-order valence-corrected chi connectivity index (χ1v) is 3.93. The number of carboxylic acid groups (broad SMARTS) is 1. The summed E-state index contributed by atoms with van der Waals surface area (Å²) in [5, 5.41) is 8.66. The average molecular weight is 260 g/mol. The van der Waals surface area contributed by atoms with Gasteiger partial charge in [0.2, 0.25) is 0 Å². The first-order valence-electron chi connectivity index (χ1n) is 3.93. The maximum absolute atomic E-state index is 10.5. The van der Waals surface area contributed by atoms with Crippen LogP contribution in [0.1, 0.15) is 32.6 Å². The molecule has 0 saturated heterocycles. The summed E-state index contributed by atoms with van der Waals surface area (Å²) in [5.74, 6) is -0.0369. The molecule has 1 aliphatic carbocycles. The van der Waals surface area contributed by atoms with Crippen molar-refractivity contribution in [2.75, 3.05) is 0 Å². The molecule has 3 heteroatoms. The van der Waals surface area contributed by atoms with Gasteiger partial charge in [0.05, 0.1) is 5.92 Å². The van der Waals surface area contributed by atoms with Crippen molar-refractivity contribution in [2.45, 2.75) is 32.6 Å². The Labute approximate surface area is 86.2 Å². The van der Waals surface area contributed by atoms with E-state index in [1.165, 1.54) is 6.42 Å². The van der Waals surface area contributed by atoms with Gasteiger partial charge in [0.1, 0.15) is 0 Å². The van der Waals surface area contributed by atoms with E-state index >= 15 is 0 Å². The molecule has 2 unspecified atom stereocenters. The Hall–Kier alpha value is 0.340. The molecule has 0 amide bonds. The average Bonchev–Trinajstić information content (AvgIpc) is 1.88. The molecule has 0 spiro atoms.